The summed E-state index contributed by atoms with van der Waals surface area (Å²) in [5.41, 5.74) is 3.58. The van der Waals surface area contributed by atoms with Crippen LogP contribution in [0, 0.1) is 6.92 Å². The van der Waals surface area contributed by atoms with Crippen LogP contribution in [0.15, 0.2) is 30.6 Å². The Labute approximate surface area is 118 Å². The lowest BCUT2D eigenvalue weighted by atomic mass is 10.2. The first-order valence-corrected chi connectivity index (χ1v) is 7.07. The van der Waals surface area contributed by atoms with Crippen molar-refractivity contribution in [3.8, 4) is 0 Å². The number of aromatic nitrogens is 2. The van der Waals surface area contributed by atoms with Crippen molar-refractivity contribution in [2.45, 2.75) is 38.9 Å². The fourth-order valence-electron chi connectivity index (χ4n) is 2.36. The third-order valence-corrected chi connectivity index (χ3v) is 3.86. The van der Waals surface area contributed by atoms with E-state index >= 15 is 0 Å². The van der Waals surface area contributed by atoms with Gasteiger partial charge in [-0.15, -0.1) is 0 Å². The van der Waals surface area contributed by atoms with Gasteiger partial charge in [-0.05, 0) is 37.5 Å². The lowest BCUT2D eigenvalue weighted by molar-refractivity contribution is 0.242. The lowest BCUT2D eigenvalue weighted by Gasteiger charge is -2.21. The summed E-state index contributed by atoms with van der Waals surface area (Å²) in [4.78, 5) is 10.0. The average molecular weight is 276 g/mol. The fourth-order valence-corrected chi connectivity index (χ4v) is 2.58. The highest BCUT2D eigenvalue weighted by molar-refractivity contribution is 6.30. The molecule has 0 spiro atoms. The second-order valence-corrected chi connectivity index (χ2v) is 5.68. The number of imidazole rings is 1. The molecule has 0 aliphatic heterocycles. The molecule has 1 aromatic carbocycles. The zero-order chi connectivity index (χ0) is 13.2. The van der Waals surface area contributed by atoms with Crippen molar-refractivity contribution in [1.82, 2.24) is 14.9 Å². The molecule has 1 heterocycles. The van der Waals surface area contributed by atoms with Crippen LogP contribution in [0.1, 0.15) is 29.8 Å². The van der Waals surface area contributed by atoms with Crippen molar-refractivity contribution in [3.63, 3.8) is 0 Å². The van der Waals surface area contributed by atoms with Gasteiger partial charge in [0, 0.05) is 29.8 Å². The van der Waals surface area contributed by atoms with Crippen LogP contribution in [0.5, 0.6) is 0 Å². The number of rotatable bonds is 5. The number of hydrogen-bond acceptors (Lipinski definition) is 2. The van der Waals surface area contributed by atoms with Gasteiger partial charge in [0.05, 0.1) is 12.0 Å². The van der Waals surface area contributed by atoms with Crippen LogP contribution in [0.25, 0.3) is 0 Å². The molecule has 19 heavy (non-hydrogen) atoms. The minimum absolute atomic E-state index is 0.704. The predicted octanol–water partition coefficient (Wildman–Crippen LogP) is 3.54. The molecule has 0 radical (unpaired) electrons. The molecule has 2 aromatic rings. The Bertz CT molecular complexity index is 560. The van der Waals surface area contributed by atoms with E-state index in [1.165, 1.54) is 18.4 Å². The molecule has 4 heteroatoms. The van der Waals surface area contributed by atoms with Gasteiger partial charge >= 0.3 is 0 Å². The monoisotopic (exact) mass is 275 g/mol. The van der Waals surface area contributed by atoms with Crippen LogP contribution in [0.4, 0.5) is 0 Å². The van der Waals surface area contributed by atoms with Crippen molar-refractivity contribution in [1.29, 1.82) is 0 Å². The summed E-state index contributed by atoms with van der Waals surface area (Å²) in [6.45, 7) is 3.93. The molecule has 0 unspecified atom stereocenters. The summed E-state index contributed by atoms with van der Waals surface area (Å²) >= 11 is 6.06. The number of halogens is 1. The smallest absolute Gasteiger partial charge is 0.0925 e. The highest BCUT2D eigenvalue weighted by Crippen LogP contribution is 2.30. The van der Waals surface area contributed by atoms with E-state index < -0.39 is 0 Å². The van der Waals surface area contributed by atoms with E-state index in [0.717, 1.165) is 29.5 Å². The fraction of sp³-hybridized carbons (Fsp3) is 0.400. The Morgan fingerprint density at radius 1 is 1.37 bits per heavy atom. The molecule has 1 aromatic heterocycles. The first-order valence-electron chi connectivity index (χ1n) is 6.70. The van der Waals surface area contributed by atoms with Crippen LogP contribution in [0.2, 0.25) is 5.02 Å². The minimum Gasteiger partial charge on any atom is -0.348 e. The second kappa shape index (κ2) is 5.35. The molecule has 1 fully saturated rings. The summed E-state index contributed by atoms with van der Waals surface area (Å²) in [7, 11) is 0. The molecule has 0 saturated heterocycles. The number of aryl methyl sites for hydroxylation is 1. The van der Waals surface area contributed by atoms with Crippen molar-refractivity contribution in [2.24, 2.45) is 0 Å². The van der Waals surface area contributed by atoms with Gasteiger partial charge in [0.15, 0.2) is 0 Å². The van der Waals surface area contributed by atoms with Gasteiger partial charge in [-0.1, -0.05) is 23.7 Å². The number of nitrogens with zero attached hydrogens (tertiary/aromatic N) is 2. The van der Waals surface area contributed by atoms with Crippen LogP contribution in [-0.2, 0) is 13.1 Å². The maximum absolute atomic E-state index is 6.06. The average Bonchev–Trinajstić information content (AvgIpc) is 3.14. The second-order valence-electron chi connectivity index (χ2n) is 5.24. The van der Waals surface area contributed by atoms with E-state index in [4.69, 9.17) is 11.6 Å². The van der Waals surface area contributed by atoms with Crippen molar-refractivity contribution < 1.29 is 0 Å². The maximum atomic E-state index is 6.06. The number of H-pyrrole nitrogens is 1. The Hall–Kier alpha value is -1.32. The first-order chi connectivity index (χ1) is 9.22. The zero-order valence-corrected chi connectivity index (χ0v) is 11.8. The largest absolute Gasteiger partial charge is 0.348 e. The maximum Gasteiger partial charge on any atom is 0.0925 e. The molecule has 1 N–H and O–H groups in total. The number of nitrogens with one attached hydrogen (secondary N) is 1. The van der Waals surface area contributed by atoms with Gasteiger partial charge in [0.2, 0.25) is 0 Å². The summed E-state index contributed by atoms with van der Waals surface area (Å²) in [6.07, 6.45) is 4.36. The van der Waals surface area contributed by atoms with E-state index in [2.05, 4.69) is 27.9 Å². The van der Waals surface area contributed by atoms with Gasteiger partial charge in [-0.25, -0.2) is 4.98 Å². The van der Waals surface area contributed by atoms with E-state index in [1.54, 1.807) is 6.33 Å². The molecule has 3 nitrogen and oxygen atoms in total. The minimum atomic E-state index is 0.704. The SMILES string of the molecule is Cc1[nH]cnc1CN(Cc1cccc(Cl)c1)C1CC1. The van der Waals surface area contributed by atoms with Crippen LogP contribution in [0.3, 0.4) is 0 Å². The summed E-state index contributed by atoms with van der Waals surface area (Å²) in [5, 5.41) is 0.809. The van der Waals surface area contributed by atoms with Crippen molar-refractivity contribution in [3.05, 3.63) is 52.6 Å². The zero-order valence-electron chi connectivity index (χ0n) is 11.1. The molecule has 0 atom stereocenters. The summed E-state index contributed by atoms with van der Waals surface area (Å²) in [5.74, 6) is 0. The van der Waals surface area contributed by atoms with Gasteiger partial charge in [0.1, 0.15) is 0 Å². The molecule has 1 saturated carbocycles. The predicted molar refractivity (Wildman–Crippen MR) is 77.0 cm³/mol. The van der Waals surface area contributed by atoms with E-state index in [9.17, 15) is 0 Å². The standard InChI is InChI=1S/C15H18ClN3/c1-11-15(18-10-17-11)9-19(14-5-6-14)8-12-3-2-4-13(16)7-12/h2-4,7,10,14H,5-6,8-9H2,1H3,(H,17,18). The normalized spacial score (nSPS) is 15.1. The summed E-state index contributed by atoms with van der Waals surface area (Å²) in [6, 6.07) is 8.83. The van der Waals surface area contributed by atoms with Crippen LogP contribution < -0.4 is 0 Å². The number of hydrogen-bond donors (Lipinski definition) is 1. The van der Waals surface area contributed by atoms with Gasteiger partial charge in [-0.2, -0.15) is 0 Å². The van der Waals surface area contributed by atoms with Crippen LogP contribution in [-0.4, -0.2) is 20.9 Å². The van der Waals surface area contributed by atoms with Crippen molar-refractivity contribution in [2.75, 3.05) is 0 Å². The van der Waals surface area contributed by atoms with Crippen LogP contribution >= 0.6 is 11.6 Å². The topological polar surface area (TPSA) is 31.9 Å². The van der Waals surface area contributed by atoms with E-state index in [0.29, 0.717) is 6.04 Å². The third-order valence-electron chi connectivity index (χ3n) is 3.63. The summed E-state index contributed by atoms with van der Waals surface area (Å²) < 4.78 is 0. The van der Waals surface area contributed by atoms with Gasteiger partial charge in [-0.3, -0.25) is 4.90 Å². The van der Waals surface area contributed by atoms with E-state index in [1.807, 2.05) is 18.2 Å². The molecule has 3 rings (SSSR count). The molecule has 1 aliphatic carbocycles. The first kappa shape index (κ1) is 12.7. The molecular formula is C15H18ClN3. The molecule has 1 aliphatic rings. The quantitative estimate of drug-likeness (QED) is 0.905. The third kappa shape index (κ3) is 3.17. The molecule has 0 bridgehead atoms. The Morgan fingerprint density at radius 3 is 2.84 bits per heavy atom. The van der Waals surface area contributed by atoms with Gasteiger partial charge < -0.3 is 4.98 Å². The Kier molecular flexibility index (Phi) is 3.58. The highest BCUT2D eigenvalue weighted by atomic mass is 35.5. The number of aromatic amines is 1. The Morgan fingerprint density at radius 2 is 2.21 bits per heavy atom. The van der Waals surface area contributed by atoms with Gasteiger partial charge in [0.25, 0.3) is 0 Å². The number of benzene rings is 1. The molecule has 100 valence electrons. The molecule has 0 amide bonds. The highest BCUT2D eigenvalue weighted by Gasteiger charge is 2.29. The van der Waals surface area contributed by atoms with Crippen molar-refractivity contribution >= 4 is 11.6 Å². The van der Waals surface area contributed by atoms with E-state index in [-0.39, 0.29) is 0 Å². The Balaban J connectivity index is 1.73. The molecular weight excluding hydrogens is 258 g/mol. The lowest BCUT2D eigenvalue weighted by Crippen LogP contribution is -2.25.